The lowest BCUT2D eigenvalue weighted by Crippen LogP contribution is -2.06. The highest BCUT2D eigenvalue weighted by Gasteiger charge is 2.10. The van der Waals surface area contributed by atoms with Crippen molar-refractivity contribution in [2.75, 3.05) is 4.72 Å². The first-order chi connectivity index (χ1) is 7.41. The van der Waals surface area contributed by atoms with E-state index in [0.29, 0.717) is 11.8 Å². The van der Waals surface area contributed by atoms with Gasteiger partial charge >= 0.3 is 0 Å². The molecule has 0 saturated heterocycles. The molecule has 0 bridgehead atoms. The van der Waals surface area contributed by atoms with Crippen molar-refractivity contribution in [3.63, 3.8) is 0 Å². The Morgan fingerprint density at radius 2 is 1.81 bits per heavy atom. The first kappa shape index (κ1) is 13.2. The summed E-state index contributed by atoms with van der Waals surface area (Å²) in [6.45, 7) is 8.42. The average molecular weight is 241 g/mol. The third-order valence-electron chi connectivity index (χ3n) is 2.56. The molecule has 0 saturated carbocycles. The molecule has 0 aromatic heterocycles. The van der Waals surface area contributed by atoms with Crippen LogP contribution in [-0.2, 0) is 11.3 Å². The van der Waals surface area contributed by atoms with Crippen LogP contribution in [-0.4, -0.2) is 8.76 Å². The minimum atomic E-state index is -2.01. The standard InChI is InChI=1S/C12H19NO2S/c1-8(2)10-5-6-12(13-16(14)15)11(7-10)9(3)4/h5-9,13H,1-4H3,(H,14,15). The van der Waals surface area contributed by atoms with E-state index in [2.05, 4.69) is 38.5 Å². The zero-order valence-corrected chi connectivity index (χ0v) is 11.0. The highest BCUT2D eigenvalue weighted by atomic mass is 32.2. The quantitative estimate of drug-likeness (QED) is 0.793. The van der Waals surface area contributed by atoms with E-state index in [1.54, 1.807) is 0 Å². The first-order valence-electron chi connectivity index (χ1n) is 5.43. The molecule has 0 spiro atoms. The zero-order valence-electron chi connectivity index (χ0n) is 10.2. The van der Waals surface area contributed by atoms with Gasteiger partial charge in [0.15, 0.2) is 0 Å². The Balaban J connectivity index is 3.14. The van der Waals surface area contributed by atoms with Gasteiger partial charge in [0.1, 0.15) is 0 Å². The predicted molar refractivity (Wildman–Crippen MR) is 69.0 cm³/mol. The van der Waals surface area contributed by atoms with E-state index in [9.17, 15) is 4.21 Å². The van der Waals surface area contributed by atoms with Gasteiger partial charge in [-0.1, -0.05) is 39.8 Å². The van der Waals surface area contributed by atoms with Crippen LogP contribution in [0.25, 0.3) is 0 Å². The molecule has 3 nitrogen and oxygen atoms in total. The van der Waals surface area contributed by atoms with Crippen molar-refractivity contribution in [3.8, 4) is 0 Å². The van der Waals surface area contributed by atoms with Crippen LogP contribution in [0.3, 0.4) is 0 Å². The maximum absolute atomic E-state index is 10.8. The summed E-state index contributed by atoms with van der Waals surface area (Å²) >= 11 is -2.01. The van der Waals surface area contributed by atoms with Gasteiger partial charge in [-0.05, 0) is 29.0 Å². The molecular formula is C12H19NO2S. The van der Waals surface area contributed by atoms with Gasteiger partial charge in [0.25, 0.3) is 11.3 Å². The van der Waals surface area contributed by atoms with Crippen LogP contribution in [0.4, 0.5) is 5.69 Å². The second kappa shape index (κ2) is 5.46. The number of hydrogen-bond donors (Lipinski definition) is 2. The highest BCUT2D eigenvalue weighted by Crippen LogP contribution is 2.28. The minimum Gasteiger partial charge on any atom is -0.289 e. The fraction of sp³-hybridized carbons (Fsp3) is 0.500. The summed E-state index contributed by atoms with van der Waals surface area (Å²) in [7, 11) is 0. The summed E-state index contributed by atoms with van der Waals surface area (Å²) in [6.07, 6.45) is 0. The third kappa shape index (κ3) is 3.32. The summed E-state index contributed by atoms with van der Waals surface area (Å²) in [5.74, 6) is 0.788. The SMILES string of the molecule is CC(C)c1ccc(NS(=O)O)c(C(C)C)c1. The first-order valence-corrected chi connectivity index (χ1v) is 6.53. The summed E-state index contributed by atoms with van der Waals surface area (Å²) in [4.78, 5) is 0. The number of benzene rings is 1. The summed E-state index contributed by atoms with van der Waals surface area (Å²) < 4.78 is 22.2. The normalized spacial score (nSPS) is 13.2. The maximum atomic E-state index is 10.8. The number of nitrogens with one attached hydrogen (secondary N) is 1. The second-order valence-electron chi connectivity index (χ2n) is 4.51. The van der Waals surface area contributed by atoms with Crippen LogP contribution in [0.5, 0.6) is 0 Å². The number of anilines is 1. The molecule has 0 heterocycles. The van der Waals surface area contributed by atoms with Gasteiger partial charge in [0.05, 0.1) is 5.69 Å². The predicted octanol–water partition coefficient (Wildman–Crippen LogP) is 3.48. The Morgan fingerprint density at radius 3 is 2.25 bits per heavy atom. The fourth-order valence-electron chi connectivity index (χ4n) is 1.61. The second-order valence-corrected chi connectivity index (χ2v) is 5.21. The van der Waals surface area contributed by atoms with Crippen molar-refractivity contribution in [2.45, 2.75) is 39.5 Å². The van der Waals surface area contributed by atoms with Crippen molar-refractivity contribution in [3.05, 3.63) is 29.3 Å². The average Bonchev–Trinajstić information content (AvgIpc) is 2.16. The summed E-state index contributed by atoms with van der Waals surface area (Å²) in [5.41, 5.74) is 3.06. The van der Waals surface area contributed by atoms with Crippen molar-refractivity contribution in [1.29, 1.82) is 0 Å². The van der Waals surface area contributed by atoms with Gasteiger partial charge in [-0.15, -0.1) is 0 Å². The molecule has 1 unspecified atom stereocenters. The van der Waals surface area contributed by atoms with Crippen molar-refractivity contribution in [2.24, 2.45) is 0 Å². The van der Waals surface area contributed by atoms with Crippen molar-refractivity contribution in [1.82, 2.24) is 0 Å². The molecule has 0 amide bonds. The smallest absolute Gasteiger partial charge is 0.259 e. The Morgan fingerprint density at radius 1 is 1.19 bits per heavy atom. The van der Waals surface area contributed by atoms with E-state index in [1.165, 1.54) is 5.56 Å². The van der Waals surface area contributed by atoms with Gasteiger partial charge < -0.3 is 0 Å². The summed E-state index contributed by atoms with van der Waals surface area (Å²) in [5, 5.41) is 0. The largest absolute Gasteiger partial charge is 0.289 e. The maximum Gasteiger partial charge on any atom is 0.259 e. The molecule has 2 N–H and O–H groups in total. The molecule has 16 heavy (non-hydrogen) atoms. The molecule has 0 aliphatic rings. The van der Waals surface area contributed by atoms with Crippen molar-refractivity contribution < 1.29 is 8.76 Å². The monoisotopic (exact) mass is 241 g/mol. The van der Waals surface area contributed by atoms with Gasteiger partial charge in [0.2, 0.25) is 0 Å². The fourth-order valence-corrected chi connectivity index (χ4v) is 1.98. The van der Waals surface area contributed by atoms with E-state index < -0.39 is 11.3 Å². The van der Waals surface area contributed by atoms with E-state index in [0.717, 1.165) is 11.3 Å². The lowest BCUT2D eigenvalue weighted by atomic mass is 9.94. The molecule has 0 fully saturated rings. The van der Waals surface area contributed by atoms with Crippen LogP contribution < -0.4 is 4.72 Å². The Kier molecular flexibility index (Phi) is 4.50. The van der Waals surface area contributed by atoms with Gasteiger partial charge in [-0.25, -0.2) is 4.21 Å². The molecule has 90 valence electrons. The Hall–Kier alpha value is -0.870. The van der Waals surface area contributed by atoms with Crippen LogP contribution in [0.2, 0.25) is 0 Å². The van der Waals surface area contributed by atoms with Crippen LogP contribution in [0.15, 0.2) is 18.2 Å². The third-order valence-corrected chi connectivity index (χ3v) is 2.96. The van der Waals surface area contributed by atoms with Crippen LogP contribution in [0.1, 0.15) is 50.7 Å². The number of rotatable bonds is 4. The molecule has 1 aromatic carbocycles. The van der Waals surface area contributed by atoms with E-state index in [-0.39, 0.29) is 0 Å². The molecule has 0 aliphatic heterocycles. The van der Waals surface area contributed by atoms with E-state index in [4.69, 9.17) is 4.55 Å². The van der Waals surface area contributed by atoms with E-state index >= 15 is 0 Å². The Bertz CT molecular complexity index is 389. The lowest BCUT2D eigenvalue weighted by molar-refractivity contribution is 0.570. The van der Waals surface area contributed by atoms with Gasteiger partial charge in [-0.3, -0.25) is 9.27 Å². The molecule has 4 heteroatoms. The van der Waals surface area contributed by atoms with Crippen molar-refractivity contribution >= 4 is 17.0 Å². The lowest BCUT2D eigenvalue weighted by Gasteiger charge is -2.15. The topological polar surface area (TPSA) is 49.3 Å². The van der Waals surface area contributed by atoms with Crippen LogP contribution in [0, 0.1) is 0 Å². The van der Waals surface area contributed by atoms with Gasteiger partial charge in [0, 0.05) is 0 Å². The molecule has 1 aromatic rings. The zero-order chi connectivity index (χ0) is 12.3. The molecule has 0 aliphatic carbocycles. The number of hydrogen-bond acceptors (Lipinski definition) is 1. The highest BCUT2D eigenvalue weighted by molar-refractivity contribution is 7.80. The summed E-state index contributed by atoms with van der Waals surface area (Å²) in [6, 6.07) is 5.97. The van der Waals surface area contributed by atoms with E-state index in [1.807, 2.05) is 12.1 Å². The molecular weight excluding hydrogens is 222 g/mol. The molecule has 1 rings (SSSR count). The minimum absolute atomic E-state index is 0.324. The molecule has 1 atom stereocenters. The molecule has 0 radical (unpaired) electrons. The Labute approximate surface area is 99.7 Å². The van der Waals surface area contributed by atoms with Gasteiger partial charge in [-0.2, -0.15) is 0 Å². The van der Waals surface area contributed by atoms with Crippen LogP contribution >= 0.6 is 0 Å².